The molecule has 0 spiro atoms. The fourth-order valence-corrected chi connectivity index (χ4v) is 8.08. The second kappa shape index (κ2) is 11.8. The van der Waals surface area contributed by atoms with Crippen LogP contribution in [0.5, 0.6) is 5.88 Å². The van der Waals surface area contributed by atoms with E-state index in [1.54, 1.807) is 24.1 Å². The summed E-state index contributed by atoms with van der Waals surface area (Å²) in [7, 11) is 1.41. The van der Waals surface area contributed by atoms with Crippen molar-refractivity contribution in [1.29, 1.82) is 0 Å². The van der Waals surface area contributed by atoms with Crippen LogP contribution in [0.3, 0.4) is 0 Å². The van der Waals surface area contributed by atoms with Crippen LogP contribution in [0.1, 0.15) is 67.3 Å². The Morgan fingerprint density at radius 2 is 1.82 bits per heavy atom. The molecule has 2 N–H and O–H groups in total. The maximum absolute atomic E-state index is 14.3. The lowest BCUT2D eigenvalue weighted by Crippen LogP contribution is -2.76. The number of ether oxygens (including phenoxy) is 1. The summed E-state index contributed by atoms with van der Waals surface area (Å²) in [4.78, 5) is 70.0. The number of H-pyrrole nitrogens is 1. The van der Waals surface area contributed by atoms with Gasteiger partial charge in [-0.2, -0.15) is 9.50 Å². The number of fused-ring (bicyclic) bond motifs is 1. The third-order valence-electron chi connectivity index (χ3n) is 10.9. The highest BCUT2D eigenvalue weighted by molar-refractivity contribution is 5.96. The fraction of sp³-hybridized carbons (Fsp3) is 0.514. The molecule has 0 unspecified atom stereocenters. The van der Waals surface area contributed by atoms with E-state index in [1.807, 2.05) is 29.4 Å². The maximum Gasteiger partial charge on any atom is 0.299 e. The summed E-state index contributed by atoms with van der Waals surface area (Å²) in [5.74, 6) is 0.805. The monoisotopic (exact) mass is 669 g/mol. The van der Waals surface area contributed by atoms with Crippen molar-refractivity contribution in [2.75, 3.05) is 38.2 Å². The number of aryl methyl sites for hydroxylation is 2. The molecule has 0 radical (unpaired) electrons. The summed E-state index contributed by atoms with van der Waals surface area (Å²) < 4.78 is 8.41. The quantitative estimate of drug-likeness (QED) is 0.273. The van der Waals surface area contributed by atoms with Crippen molar-refractivity contribution < 1.29 is 14.3 Å². The van der Waals surface area contributed by atoms with E-state index in [0.29, 0.717) is 65.0 Å². The van der Waals surface area contributed by atoms with E-state index in [2.05, 4.69) is 34.2 Å². The lowest BCUT2D eigenvalue weighted by Gasteiger charge is -2.72. The Kier molecular flexibility index (Phi) is 7.87. The highest BCUT2D eigenvalue weighted by atomic mass is 16.5. The first-order valence-electron chi connectivity index (χ1n) is 17.0. The summed E-state index contributed by atoms with van der Waals surface area (Å²) in [5.41, 5.74) is 2.44. The van der Waals surface area contributed by atoms with Gasteiger partial charge in [-0.05, 0) is 63.0 Å². The first-order valence-corrected chi connectivity index (χ1v) is 17.0. The number of nitrogens with zero attached hydrogens (tertiary/aromatic N) is 7. The Hall–Kier alpha value is -5.01. The molecule has 5 heterocycles. The van der Waals surface area contributed by atoms with E-state index in [4.69, 9.17) is 9.72 Å². The molecule has 8 rings (SSSR count). The Balaban J connectivity index is 1.22. The molecule has 258 valence electrons. The highest BCUT2D eigenvalue weighted by Crippen LogP contribution is 2.70. The maximum atomic E-state index is 14.3. The lowest BCUT2D eigenvalue weighted by atomic mass is 9.36. The van der Waals surface area contributed by atoms with Crippen LogP contribution < -0.4 is 25.9 Å². The van der Waals surface area contributed by atoms with Crippen molar-refractivity contribution in [3.05, 3.63) is 67.6 Å². The van der Waals surface area contributed by atoms with Crippen molar-refractivity contribution in [1.82, 2.24) is 39.3 Å². The van der Waals surface area contributed by atoms with Crippen molar-refractivity contribution in [3.8, 4) is 17.3 Å². The number of aromatic nitrogens is 6. The Morgan fingerprint density at radius 3 is 2.45 bits per heavy atom. The van der Waals surface area contributed by atoms with Gasteiger partial charge in [0.2, 0.25) is 23.0 Å². The normalized spacial score (nSPS) is 21.4. The molecule has 0 atom stereocenters. The van der Waals surface area contributed by atoms with E-state index in [0.717, 1.165) is 25.0 Å². The van der Waals surface area contributed by atoms with Crippen molar-refractivity contribution in [2.45, 2.75) is 72.4 Å². The number of carbonyl (C=O) groups is 2. The second-order valence-electron chi connectivity index (χ2n) is 14.2. The van der Waals surface area contributed by atoms with Crippen LogP contribution in [0.25, 0.3) is 17.2 Å². The van der Waals surface area contributed by atoms with E-state index in [9.17, 15) is 19.2 Å². The van der Waals surface area contributed by atoms with Gasteiger partial charge >= 0.3 is 0 Å². The number of nitrogens with one attached hydrogen (secondary N) is 2. The summed E-state index contributed by atoms with van der Waals surface area (Å²) in [6.45, 7) is 11.2. The van der Waals surface area contributed by atoms with Crippen LogP contribution in [0.2, 0.25) is 0 Å². The number of amides is 2. The minimum absolute atomic E-state index is 0.0156. The van der Waals surface area contributed by atoms with Gasteiger partial charge in [0, 0.05) is 60.9 Å². The second-order valence-corrected chi connectivity index (χ2v) is 14.2. The molecule has 14 heteroatoms. The number of aromatic amines is 1. The zero-order chi connectivity index (χ0) is 34.8. The lowest BCUT2D eigenvalue weighted by molar-refractivity contribution is -0.187. The number of hydrogen-bond donors (Lipinski definition) is 2. The molecule has 49 heavy (non-hydrogen) atoms. The van der Waals surface area contributed by atoms with E-state index < -0.39 is 5.91 Å². The molecule has 2 amide bonds. The number of pyridine rings is 2. The molecule has 14 nitrogen and oxygen atoms in total. The van der Waals surface area contributed by atoms with Gasteiger partial charge < -0.3 is 29.4 Å². The SMILES string of the molecule is CCc1c(N2CCN(C(=O)c3c(OC)[nH]cc(C)c3=O)CC2)c(=O)n2nc(-c3ccnc(C)c3)nc2n1CC(=O)NC12CC(C(C)C)(C1)C2. The van der Waals surface area contributed by atoms with Crippen LogP contribution in [0, 0.1) is 25.2 Å². The van der Waals surface area contributed by atoms with E-state index in [-0.39, 0.29) is 53.5 Å². The first-order chi connectivity index (χ1) is 23.4. The van der Waals surface area contributed by atoms with Crippen LogP contribution in [0.4, 0.5) is 5.69 Å². The number of hydrogen-bond acceptors (Lipinski definition) is 9. The number of anilines is 1. The topological polar surface area (TPSA) is 160 Å². The van der Waals surface area contributed by atoms with Crippen molar-refractivity contribution >= 4 is 23.3 Å². The van der Waals surface area contributed by atoms with Gasteiger partial charge in [-0.1, -0.05) is 20.8 Å². The summed E-state index contributed by atoms with van der Waals surface area (Å²) >= 11 is 0. The van der Waals surface area contributed by atoms with Crippen LogP contribution >= 0.6 is 0 Å². The zero-order valence-electron chi connectivity index (χ0n) is 28.9. The van der Waals surface area contributed by atoms with Gasteiger partial charge in [0.25, 0.3) is 11.5 Å². The van der Waals surface area contributed by atoms with Crippen molar-refractivity contribution in [3.63, 3.8) is 0 Å². The smallest absolute Gasteiger partial charge is 0.299 e. The number of carbonyl (C=O) groups excluding carboxylic acids is 2. The summed E-state index contributed by atoms with van der Waals surface area (Å²) in [5, 5.41) is 7.96. The molecule has 4 fully saturated rings. The number of methoxy groups -OCH3 is 1. The first kappa shape index (κ1) is 32.5. The van der Waals surface area contributed by atoms with Gasteiger partial charge in [-0.3, -0.25) is 24.2 Å². The largest absolute Gasteiger partial charge is 0.482 e. The molecule has 4 aromatic rings. The Labute approximate surface area is 283 Å². The predicted molar refractivity (Wildman–Crippen MR) is 183 cm³/mol. The molecular formula is C35H43N9O5. The molecule has 3 saturated carbocycles. The standard InChI is InChI=1S/C35H43N9O5/c1-7-24-27(41-10-12-42(13-11-41)31(47)26-28(46)21(4)15-37-30(26)49-6)32(48)44-33(38-29(40-44)23-8-9-36-22(5)14-23)43(24)16-25(45)39-35-17-34(18-35,19-35)20(2)3/h8-9,14-15,20H,7,10-13,16-19H2,1-6H3,(H,37,46)(H,39,45). The third kappa shape index (κ3) is 5.28. The van der Waals surface area contributed by atoms with Crippen LogP contribution in [0.15, 0.2) is 34.1 Å². The predicted octanol–water partition coefficient (Wildman–Crippen LogP) is 2.49. The minimum atomic E-state index is -0.428. The molecule has 1 saturated heterocycles. The molecule has 0 aromatic carbocycles. The summed E-state index contributed by atoms with van der Waals surface area (Å²) in [6, 6.07) is 3.65. The molecule has 4 aromatic heterocycles. The van der Waals surface area contributed by atoms with Gasteiger partial charge in [-0.15, -0.1) is 5.10 Å². The van der Waals surface area contributed by atoms with Gasteiger partial charge in [0.15, 0.2) is 5.82 Å². The highest BCUT2D eigenvalue weighted by Gasteiger charge is 2.69. The van der Waals surface area contributed by atoms with E-state index >= 15 is 0 Å². The van der Waals surface area contributed by atoms with Crippen LogP contribution in [-0.2, 0) is 17.8 Å². The Bertz CT molecular complexity index is 2080. The molecule has 3 aliphatic carbocycles. The third-order valence-corrected chi connectivity index (χ3v) is 10.9. The van der Waals surface area contributed by atoms with Gasteiger partial charge in [0.05, 0.1) is 12.8 Å². The molecule has 4 aliphatic rings. The number of rotatable bonds is 9. The zero-order valence-corrected chi connectivity index (χ0v) is 28.9. The van der Waals surface area contributed by atoms with E-state index in [1.165, 1.54) is 17.8 Å². The average Bonchev–Trinajstić information content (AvgIpc) is 3.50. The van der Waals surface area contributed by atoms with Gasteiger partial charge in [-0.25, -0.2) is 0 Å². The number of piperazine rings is 1. The molecule has 1 aliphatic heterocycles. The van der Waals surface area contributed by atoms with Gasteiger partial charge in [0.1, 0.15) is 17.8 Å². The summed E-state index contributed by atoms with van der Waals surface area (Å²) in [6.07, 6.45) is 6.64. The van der Waals surface area contributed by atoms with Crippen LogP contribution in [-0.4, -0.2) is 84.7 Å². The molecular weight excluding hydrogens is 626 g/mol. The fourth-order valence-electron chi connectivity index (χ4n) is 8.08. The minimum Gasteiger partial charge on any atom is -0.482 e. The average molecular weight is 670 g/mol. The Morgan fingerprint density at radius 1 is 1.10 bits per heavy atom. The molecule has 2 bridgehead atoms. The van der Waals surface area contributed by atoms with Crippen molar-refractivity contribution in [2.24, 2.45) is 11.3 Å².